The standard InChI is InChI=1S/C32H36F2N4O2/c1-19-25(14-13-23-12-11-22(17-38-23)24-10-8-7-9-21(24)16-35)30(6)20(2)40-28(39)31(30,18-32(19,33)34)27(37)15-26(36)29(3,4)5/h7-14,17,19-20,25,36-37H,15,18H2,1-6H3. The van der Waals surface area contributed by atoms with Crippen LogP contribution in [0.25, 0.3) is 17.2 Å². The first-order chi connectivity index (χ1) is 18.6. The molecule has 1 aromatic heterocycles. The number of cyclic esters (lactones) is 1. The van der Waals surface area contributed by atoms with Crippen LogP contribution in [0.3, 0.4) is 0 Å². The first-order valence-electron chi connectivity index (χ1n) is 13.5. The van der Waals surface area contributed by atoms with Crippen molar-refractivity contribution in [3.8, 4) is 17.2 Å². The van der Waals surface area contributed by atoms with Crippen LogP contribution in [0.1, 0.15) is 65.6 Å². The van der Waals surface area contributed by atoms with E-state index >= 15 is 8.78 Å². The summed E-state index contributed by atoms with van der Waals surface area (Å²) >= 11 is 0. The van der Waals surface area contributed by atoms with E-state index in [1.54, 1.807) is 50.4 Å². The van der Waals surface area contributed by atoms with Crippen molar-refractivity contribution in [2.75, 3.05) is 0 Å². The van der Waals surface area contributed by atoms with Crippen LogP contribution in [-0.4, -0.2) is 34.4 Å². The summed E-state index contributed by atoms with van der Waals surface area (Å²) in [5, 5.41) is 26.9. The van der Waals surface area contributed by atoms with Crippen LogP contribution in [0.4, 0.5) is 8.78 Å². The molecule has 2 N–H and O–H groups in total. The van der Waals surface area contributed by atoms with Crippen molar-refractivity contribution in [1.82, 2.24) is 4.98 Å². The summed E-state index contributed by atoms with van der Waals surface area (Å²) in [5.41, 5.74) is -0.964. The monoisotopic (exact) mass is 546 g/mol. The molecule has 2 fully saturated rings. The Kier molecular flexibility index (Phi) is 7.33. The normalized spacial score (nSPS) is 29.5. The maximum absolute atomic E-state index is 15.7. The van der Waals surface area contributed by atoms with Gasteiger partial charge in [-0.25, -0.2) is 8.78 Å². The van der Waals surface area contributed by atoms with E-state index in [4.69, 9.17) is 15.6 Å². The number of carbonyl (C=O) groups excluding carboxylic acids is 1. The molecule has 5 unspecified atom stereocenters. The first kappa shape index (κ1) is 29.3. The highest BCUT2D eigenvalue weighted by atomic mass is 19.3. The number of benzene rings is 1. The lowest BCUT2D eigenvalue weighted by Gasteiger charge is -2.54. The second kappa shape index (κ2) is 10.0. The molecule has 0 amide bonds. The summed E-state index contributed by atoms with van der Waals surface area (Å²) in [5.74, 6) is -6.00. The van der Waals surface area contributed by atoms with Crippen molar-refractivity contribution in [3.63, 3.8) is 0 Å². The number of esters is 1. The number of pyridine rings is 1. The topological polar surface area (TPSA) is 111 Å². The minimum absolute atomic E-state index is 0.172. The van der Waals surface area contributed by atoms with Gasteiger partial charge in [0, 0.05) is 52.9 Å². The van der Waals surface area contributed by atoms with E-state index in [0.29, 0.717) is 11.3 Å². The number of rotatable bonds is 6. The first-order valence-corrected chi connectivity index (χ1v) is 13.5. The molecule has 1 saturated carbocycles. The molecule has 6 nitrogen and oxygen atoms in total. The van der Waals surface area contributed by atoms with E-state index in [1.165, 1.54) is 6.92 Å². The van der Waals surface area contributed by atoms with Crippen LogP contribution < -0.4 is 0 Å². The molecule has 2 aliphatic rings. The van der Waals surface area contributed by atoms with Crippen LogP contribution in [-0.2, 0) is 9.53 Å². The predicted octanol–water partition coefficient (Wildman–Crippen LogP) is 7.34. The Morgan fingerprint density at radius 1 is 1.20 bits per heavy atom. The highest BCUT2D eigenvalue weighted by molar-refractivity contribution is 6.15. The van der Waals surface area contributed by atoms with Gasteiger partial charge in [0.05, 0.1) is 17.3 Å². The SMILES string of the molecule is CC1C(C=Cc2ccc(-c3ccccc3C#N)cn2)C2(C)C(C)OC(=O)C2(C(=N)CC(=N)C(C)(C)C)CC1(F)F. The Morgan fingerprint density at radius 3 is 2.48 bits per heavy atom. The van der Waals surface area contributed by atoms with E-state index in [9.17, 15) is 10.1 Å². The fourth-order valence-corrected chi connectivity index (χ4v) is 6.28. The third-order valence-electron chi connectivity index (χ3n) is 9.19. The predicted molar refractivity (Wildman–Crippen MR) is 151 cm³/mol. The molecule has 210 valence electrons. The zero-order valence-corrected chi connectivity index (χ0v) is 23.8. The van der Waals surface area contributed by atoms with Gasteiger partial charge in [-0.1, -0.05) is 65.0 Å². The third kappa shape index (κ3) is 4.55. The van der Waals surface area contributed by atoms with Crippen molar-refractivity contribution in [1.29, 1.82) is 16.1 Å². The number of hydrogen-bond acceptors (Lipinski definition) is 6. The van der Waals surface area contributed by atoms with Gasteiger partial charge in [-0.15, -0.1) is 0 Å². The average molecular weight is 547 g/mol. The molecular weight excluding hydrogens is 510 g/mol. The molecule has 0 bridgehead atoms. The quantitative estimate of drug-likeness (QED) is 0.292. The van der Waals surface area contributed by atoms with Gasteiger partial charge in [-0.3, -0.25) is 9.78 Å². The van der Waals surface area contributed by atoms with Crippen molar-refractivity contribution < 1.29 is 18.3 Å². The van der Waals surface area contributed by atoms with E-state index in [1.807, 2.05) is 39.0 Å². The highest BCUT2D eigenvalue weighted by Crippen LogP contribution is 2.67. The van der Waals surface area contributed by atoms with Crippen molar-refractivity contribution >= 4 is 23.5 Å². The number of carbonyl (C=O) groups is 1. The van der Waals surface area contributed by atoms with Crippen LogP contribution >= 0.6 is 0 Å². The largest absolute Gasteiger partial charge is 0.461 e. The number of halogens is 2. The molecule has 2 heterocycles. The van der Waals surface area contributed by atoms with Crippen LogP contribution in [0.2, 0.25) is 0 Å². The fourth-order valence-electron chi connectivity index (χ4n) is 6.28. The maximum Gasteiger partial charge on any atom is 0.319 e. The van der Waals surface area contributed by atoms with Crippen LogP contribution in [0.15, 0.2) is 48.7 Å². The number of ether oxygens (including phenoxy) is 1. The van der Waals surface area contributed by atoms with Gasteiger partial charge in [-0.2, -0.15) is 5.26 Å². The zero-order chi connectivity index (χ0) is 29.7. The minimum atomic E-state index is -3.24. The zero-order valence-electron chi connectivity index (χ0n) is 23.8. The molecule has 1 saturated heterocycles. The fraction of sp³-hybridized carbons (Fsp3) is 0.469. The Morgan fingerprint density at radius 2 is 1.88 bits per heavy atom. The molecule has 2 aromatic rings. The summed E-state index contributed by atoms with van der Waals surface area (Å²) in [7, 11) is 0. The number of fused-ring (bicyclic) bond motifs is 1. The third-order valence-corrected chi connectivity index (χ3v) is 9.19. The summed E-state index contributed by atoms with van der Waals surface area (Å²) in [6.45, 7) is 10.4. The summed E-state index contributed by atoms with van der Waals surface area (Å²) in [6.07, 6.45) is 3.30. The average Bonchev–Trinajstić information content (AvgIpc) is 3.09. The summed E-state index contributed by atoms with van der Waals surface area (Å²) in [6, 6.07) is 13.0. The van der Waals surface area contributed by atoms with Gasteiger partial charge in [0.1, 0.15) is 11.5 Å². The van der Waals surface area contributed by atoms with Gasteiger partial charge < -0.3 is 15.6 Å². The number of alkyl halides is 2. The molecule has 40 heavy (non-hydrogen) atoms. The number of allylic oxidation sites excluding steroid dienone is 1. The second-order valence-electron chi connectivity index (χ2n) is 12.4. The van der Waals surface area contributed by atoms with E-state index in [0.717, 1.165) is 11.1 Å². The van der Waals surface area contributed by atoms with Crippen molar-refractivity contribution in [2.45, 2.75) is 66.4 Å². The van der Waals surface area contributed by atoms with Crippen LogP contribution in [0.5, 0.6) is 0 Å². The molecule has 1 aliphatic heterocycles. The number of nitrogens with one attached hydrogen (secondary N) is 2. The molecule has 0 radical (unpaired) electrons. The van der Waals surface area contributed by atoms with Gasteiger partial charge in [-0.05, 0) is 36.5 Å². The van der Waals surface area contributed by atoms with Gasteiger partial charge >= 0.3 is 5.97 Å². The molecule has 8 heteroatoms. The number of hydrogen-bond donors (Lipinski definition) is 2. The Bertz CT molecular complexity index is 1420. The molecule has 1 aliphatic carbocycles. The summed E-state index contributed by atoms with van der Waals surface area (Å²) < 4.78 is 37.1. The second-order valence-corrected chi connectivity index (χ2v) is 12.4. The smallest absolute Gasteiger partial charge is 0.319 e. The lowest BCUT2D eigenvalue weighted by Crippen LogP contribution is -2.63. The van der Waals surface area contributed by atoms with Gasteiger partial charge in [0.15, 0.2) is 0 Å². The molecule has 0 spiro atoms. The molecular formula is C32H36F2N4O2. The van der Waals surface area contributed by atoms with E-state index < -0.39 is 52.5 Å². The lowest BCUT2D eigenvalue weighted by atomic mass is 9.46. The van der Waals surface area contributed by atoms with Crippen molar-refractivity contribution in [2.24, 2.45) is 28.1 Å². The number of aromatic nitrogens is 1. The highest BCUT2D eigenvalue weighted by Gasteiger charge is 2.75. The molecule has 4 rings (SSSR count). The van der Waals surface area contributed by atoms with Gasteiger partial charge in [0.2, 0.25) is 0 Å². The molecule has 5 atom stereocenters. The lowest BCUT2D eigenvalue weighted by molar-refractivity contribution is -0.174. The Balaban J connectivity index is 1.74. The maximum atomic E-state index is 15.7. The number of nitriles is 1. The van der Waals surface area contributed by atoms with Crippen molar-refractivity contribution in [3.05, 3.63) is 59.9 Å². The van der Waals surface area contributed by atoms with Crippen LogP contribution in [0, 0.1) is 50.2 Å². The minimum Gasteiger partial charge on any atom is -0.461 e. The molecule has 1 aromatic carbocycles. The van der Waals surface area contributed by atoms with E-state index in [-0.39, 0.29) is 17.8 Å². The van der Waals surface area contributed by atoms with E-state index in [2.05, 4.69) is 11.1 Å². The summed E-state index contributed by atoms with van der Waals surface area (Å²) in [4.78, 5) is 17.9. The van der Waals surface area contributed by atoms with Gasteiger partial charge in [0.25, 0.3) is 5.92 Å². The number of nitrogens with zero attached hydrogens (tertiary/aromatic N) is 2. The Hall–Kier alpha value is -3.73. The Labute approximate surface area is 234 Å².